The van der Waals surface area contributed by atoms with Crippen molar-refractivity contribution in [2.24, 2.45) is 5.92 Å². The number of methoxy groups -OCH3 is 1. The number of esters is 1. The number of fused-ring (bicyclic) bond motifs is 1. The molecule has 0 spiro atoms. The third kappa shape index (κ3) is 2.44. The summed E-state index contributed by atoms with van der Waals surface area (Å²) >= 11 is 0. The minimum atomic E-state index is -0.530. The van der Waals surface area contributed by atoms with E-state index in [1.54, 1.807) is 0 Å². The first kappa shape index (κ1) is 14.5. The van der Waals surface area contributed by atoms with Crippen LogP contribution in [0.3, 0.4) is 0 Å². The quantitative estimate of drug-likeness (QED) is 0.760. The topological polar surface area (TPSA) is 75.5 Å². The molecule has 7 heteroatoms. The number of aryl methyl sites for hydroxylation is 1. The Bertz CT molecular complexity index is 522. The van der Waals surface area contributed by atoms with Crippen molar-refractivity contribution >= 4 is 5.97 Å². The number of aromatic nitrogens is 3. The normalized spacial score (nSPS) is 28.4. The third-order valence-corrected chi connectivity index (χ3v) is 4.29. The lowest BCUT2D eigenvalue weighted by Crippen LogP contribution is -2.37. The van der Waals surface area contributed by atoms with Gasteiger partial charge in [0.25, 0.3) is 0 Å². The number of hydrogen-bond donors (Lipinski definition) is 0. The van der Waals surface area contributed by atoms with Crippen LogP contribution in [-0.2, 0) is 37.6 Å². The molecule has 2 atom stereocenters. The highest BCUT2D eigenvalue weighted by Gasteiger charge is 2.44. The van der Waals surface area contributed by atoms with Crippen molar-refractivity contribution in [3.05, 3.63) is 11.6 Å². The molecule has 7 nitrogen and oxygen atoms in total. The van der Waals surface area contributed by atoms with Crippen LogP contribution in [0.5, 0.6) is 0 Å². The lowest BCUT2D eigenvalue weighted by molar-refractivity contribution is -0.146. The minimum absolute atomic E-state index is 0.141. The van der Waals surface area contributed by atoms with E-state index in [0.717, 1.165) is 30.9 Å². The minimum Gasteiger partial charge on any atom is -0.469 e. The predicted molar refractivity (Wildman–Crippen MR) is 72.6 cm³/mol. The Hall–Kier alpha value is -1.47. The Kier molecular flexibility index (Phi) is 3.95. The zero-order chi connectivity index (χ0) is 14.9. The van der Waals surface area contributed by atoms with E-state index in [4.69, 9.17) is 14.2 Å². The summed E-state index contributed by atoms with van der Waals surface area (Å²) < 4.78 is 18.4. The van der Waals surface area contributed by atoms with E-state index < -0.39 is 5.60 Å². The summed E-state index contributed by atoms with van der Waals surface area (Å²) in [5, 5.41) is 8.62. The van der Waals surface area contributed by atoms with E-state index in [1.807, 2.05) is 11.5 Å². The molecule has 1 aromatic heterocycles. The molecule has 1 aromatic rings. The van der Waals surface area contributed by atoms with Crippen LogP contribution in [0.2, 0.25) is 0 Å². The molecule has 0 aromatic carbocycles. The molecular weight excluding hydrogens is 274 g/mol. The highest BCUT2D eigenvalue weighted by Crippen LogP contribution is 2.35. The summed E-state index contributed by atoms with van der Waals surface area (Å²) in [6, 6.07) is 0. The van der Waals surface area contributed by atoms with Gasteiger partial charge < -0.3 is 18.8 Å². The van der Waals surface area contributed by atoms with E-state index in [-0.39, 0.29) is 11.9 Å². The van der Waals surface area contributed by atoms with E-state index in [9.17, 15) is 4.79 Å². The van der Waals surface area contributed by atoms with Gasteiger partial charge in [0, 0.05) is 26.0 Å². The van der Waals surface area contributed by atoms with Gasteiger partial charge in [-0.3, -0.25) is 4.79 Å². The number of ether oxygens (including phenoxy) is 3. The molecule has 3 rings (SSSR count). The highest BCUT2D eigenvalue weighted by molar-refractivity contribution is 5.72. The Balaban J connectivity index is 1.92. The van der Waals surface area contributed by atoms with Gasteiger partial charge in [-0.15, -0.1) is 10.2 Å². The zero-order valence-electron chi connectivity index (χ0n) is 12.5. The van der Waals surface area contributed by atoms with E-state index in [2.05, 4.69) is 10.2 Å². The maximum atomic E-state index is 11.8. The van der Waals surface area contributed by atoms with E-state index >= 15 is 0 Å². The molecule has 21 heavy (non-hydrogen) atoms. The van der Waals surface area contributed by atoms with Crippen molar-refractivity contribution in [3.63, 3.8) is 0 Å². The summed E-state index contributed by atoms with van der Waals surface area (Å²) in [4.78, 5) is 11.8. The summed E-state index contributed by atoms with van der Waals surface area (Å²) in [5.41, 5.74) is -0.530. The van der Waals surface area contributed by atoms with Gasteiger partial charge in [-0.2, -0.15) is 0 Å². The van der Waals surface area contributed by atoms with Crippen LogP contribution in [0.25, 0.3) is 0 Å². The Morgan fingerprint density at radius 2 is 2.38 bits per heavy atom. The van der Waals surface area contributed by atoms with Crippen molar-refractivity contribution in [1.82, 2.24) is 14.8 Å². The Labute approximate surface area is 123 Å². The molecule has 2 aliphatic rings. The van der Waals surface area contributed by atoms with Gasteiger partial charge in [0.1, 0.15) is 5.82 Å². The number of carbonyl (C=O) groups is 1. The second kappa shape index (κ2) is 5.73. The molecule has 116 valence electrons. The average molecular weight is 295 g/mol. The van der Waals surface area contributed by atoms with Gasteiger partial charge in [0.2, 0.25) is 0 Å². The number of nitrogens with zero attached hydrogens (tertiary/aromatic N) is 3. The molecule has 0 aliphatic carbocycles. The maximum Gasteiger partial charge on any atom is 0.310 e. The van der Waals surface area contributed by atoms with Crippen molar-refractivity contribution < 1.29 is 19.0 Å². The van der Waals surface area contributed by atoms with Crippen molar-refractivity contribution in [1.29, 1.82) is 0 Å². The van der Waals surface area contributed by atoms with Crippen molar-refractivity contribution in [3.8, 4) is 0 Å². The van der Waals surface area contributed by atoms with Crippen LogP contribution in [0, 0.1) is 5.92 Å². The van der Waals surface area contributed by atoms with Gasteiger partial charge in [-0.25, -0.2) is 0 Å². The van der Waals surface area contributed by atoms with Crippen LogP contribution in [0.4, 0.5) is 0 Å². The largest absolute Gasteiger partial charge is 0.469 e. The second-order valence-corrected chi connectivity index (χ2v) is 5.54. The lowest BCUT2D eigenvalue weighted by Gasteiger charge is -2.29. The number of carbonyl (C=O) groups excluding carboxylic acids is 1. The average Bonchev–Trinajstić information content (AvgIpc) is 3.13. The maximum absolute atomic E-state index is 11.8. The molecular formula is C14H21N3O4. The van der Waals surface area contributed by atoms with Gasteiger partial charge in [0.05, 0.1) is 26.2 Å². The first-order valence-corrected chi connectivity index (χ1v) is 7.42. The number of rotatable bonds is 4. The van der Waals surface area contributed by atoms with Crippen molar-refractivity contribution in [2.45, 2.75) is 38.3 Å². The van der Waals surface area contributed by atoms with Crippen LogP contribution >= 0.6 is 0 Å². The van der Waals surface area contributed by atoms with Crippen LogP contribution in [-0.4, -0.2) is 47.7 Å². The van der Waals surface area contributed by atoms with Crippen LogP contribution < -0.4 is 0 Å². The number of hydrogen-bond acceptors (Lipinski definition) is 6. The van der Waals surface area contributed by atoms with E-state index in [1.165, 1.54) is 7.11 Å². The SMILES string of the molecule is CCOC1(c2nnc3n2CC(C(=O)OC)CC3)CCOC1. The fourth-order valence-corrected chi connectivity index (χ4v) is 3.20. The van der Waals surface area contributed by atoms with Gasteiger partial charge in [-0.05, 0) is 13.3 Å². The molecule has 0 N–H and O–H groups in total. The van der Waals surface area contributed by atoms with Crippen molar-refractivity contribution in [2.75, 3.05) is 26.9 Å². The zero-order valence-corrected chi connectivity index (χ0v) is 12.5. The summed E-state index contributed by atoms with van der Waals surface area (Å²) in [5.74, 6) is 1.38. The second-order valence-electron chi connectivity index (χ2n) is 5.54. The molecule has 2 aliphatic heterocycles. The molecule has 1 fully saturated rings. The first-order chi connectivity index (χ1) is 10.2. The van der Waals surface area contributed by atoms with Crippen LogP contribution in [0.1, 0.15) is 31.4 Å². The predicted octanol–water partition coefficient (Wildman–Crippen LogP) is 0.666. The molecule has 3 heterocycles. The molecule has 0 radical (unpaired) electrons. The molecule has 1 saturated heterocycles. The molecule has 2 unspecified atom stereocenters. The highest BCUT2D eigenvalue weighted by atomic mass is 16.6. The smallest absolute Gasteiger partial charge is 0.310 e. The molecule has 0 amide bonds. The Morgan fingerprint density at radius 1 is 1.52 bits per heavy atom. The summed E-state index contributed by atoms with van der Waals surface area (Å²) in [6.45, 7) is 4.25. The fourth-order valence-electron chi connectivity index (χ4n) is 3.20. The lowest BCUT2D eigenvalue weighted by atomic mass is 9.97. The van der Waals surface area contributed by atoms with Gasteiger partial charge in [-0.1, -0.05) is 0 Å². The fraction of sp³-hybridized carbons (Fsp3) is 0.786. The Morgan fingerprint density at radius 3 is 3.05 bits per heavy atom. The summed E-state index contributed by atoms with van der Waals surface area (Å²) in [7, 11) is 1.43. The summed E-state index contributed by atoms with van der Waals surface area (Å²) in [6.07, 6.45) is 2.25. The van der Waals surface area contributed by atoms with Gasteiger partial charge in [0.15, 0.2) is 11.4 Å². The van der Waals surface area contributed by atoms with E-state index in [0.29, 0.717) is 26.4 Å². The van der Waals surface area contributed by atoms with Crippen LogP contribution in [0.15, 0.2) is 0 Å². The molecule has 0 bridgehead atoms. The third-order valence-electron chi connectivity index (χ3n) is 4.29. The van der Waals surface area contributed by atoms with Gasteiger partial charge >= 0.3 is 5.97 Å². The monoisotopic (exact) mass is 295 g/mol. The first-order valence-electron chi connectivity index (χ1n) is 7.42. The standard InChI is InChI=1S/C14H21N3O4/c1-3-21-14(6-7-20-9-14)13-16-15-11-5-4-10(8-17(11)13)12(18)19-2/h10H,3-9H2,1-2H3. The molecule has 0 saturated carbocycles.